The van der Waals surface area contributed by atoms with Crippen LogP contribution < -0.4 is 26.0 Å². The van der Waals surface area contributed by atoms with Gasteiger partial charge in [-0.15, -0.1) is 0 Å². The fraction of sp³-hybridized carbons (Fsp3) is 0.500. The molecule has 0 bridgehead atoms. The second kappa shape index (κ2) is 9.50. The van der Waals surface area contributed by atoms with E-state index in [9.17, 15) is 9.59 Å². The number of aromatic nitrogens is 4. The van der Waals surface area contributed by atoms with Crippen LogP contribution >= 0.6 is 0 Å². The quantitative estimate of drug-likeness (QED) is 0.565. The molecule has 1 amide bonds. The van der Waals surface area contributed by atoms with Gasteiger partial charge in [0.15, 0.2) is 0 Å². The number of nitrogens with one attached hydrogen (secondary N) is 2. The van der Waals surface area contributed by atoms with Crippen molar-refractivity contribution in [3.63, 3.8) is 0 Å². The zero-order valence-electron chi connectivity index (χ0n) is 20.7. The summed E-state index contributed by atoms with van der Waals surface area (Å²) in [6, 6.07) is 4.07. The van der Waals surface area contributed by atoms with Crippen molar-refractivity contribution in [1.29, 1.82) is 0 Å². The molecule has 5 heterocycles. The number of carbonyl (C=O) groups is 1. The standard InChI is InChI=1S/C26H32N8O2/c1-17-20-16-29-26(30-21-9-8-19(15-28-21)32-13-10-27-11-14-32)31-24(20)34(18-5-2-3-6-18)25(36)23(17)33-12-4-7-22(33)35/h8-9,15-16,18,27H,2-7,10-14H2,1H3,(H,28,29,30,31). The molecule has 2 aliphatic heterocycles. The van der Waals surface area contributed by atoms with E-state index in [0.29, 0.717) is 36.1 Å². The highest BCUT2D eigenvalue weighted by atomic mass is 16.2. The molecule has 0 unspecified atom stereocenters. The Bertz CT molecular complexity index is 1340. The third kappa shape index (κ3) is 4.09. The lowest BCUT2D eigenvalue weighted by Crippen LogP contribution is -2.43. The average Bonchev–Trinajstić information content (AvgIpc) is 3.58. The van der Waals surface area contributed by atoms with Gasteiger partial charge < -0.3 is 20.4 Å². The van der Waals surface area contributed by atoms with Crippen LogP contribution in [-0.2, 0) is 4.79 Å². The number of hydrogen-bond donors (Lipinski definition) is 2. The fourth-order valence-electron chi connectivity index (χ4n) is 5.77. The van der Waals surface area contributed by atoms with Gasteiger partial charge in [-0.25, -0.2) is 9.97 Å². The summed E-state index contributed by atoms with van der Waals surface area (Å²) in [5, 5.41) is 7.39. The average molecular weight is 489 g/mol. The molecular weight excluding hydrogens is 456 g/mol. The number of hydrogen-bond acceptors (Lipinski definition) is 8. The van der Waals surface area contributed by atoms with Crippen molar-refractivity contribution in [2.45, 2.75) is 51.5 Å². The fourth-order valence-corrected chi connectivity index (χ4v) is 5.77. The van der Waals surface area contributed by atoms with E-state index in [2.05, 4.69) is 31.6 Å². The molecule has 0 aromatic carbocycles. The predicted molar refractivity (Wildman–Crippen MR) is 140 cm³/mol. The van der Waals surface area contributed by atoms with Gasteiger partial charge >= 0.3 is 0 Å². The maximum absolute atomic E-state index is 13.8. The molecule has 6 rings (SSSR count). The Hall–Kier alpha value is -3.53. The molecule has 10 heteroatoms. The number of piperazine rings is 1. The Balaban J connectivity index is 1.37. The molecule has 0 atom stereocenters. The van der Waals surface area contributed by atoms with E-state index < -0.39 is 0 Å². The Morgan fingerprint density at radius 1 is 1.00 bits per heavy atom. The summed E-state index contributed by atoms with van der Waals surface area (Å²) in [5.74, 6) is 1.07. The third-order valence-corrected chi connectivity index (χ3v) is 7.68. The lowest BCUT2D eigenvalue weighted by atomic mass is 10.1. The number of rotatable bonds is 5. The SMILES string of the molecule is Cc1c(N2CCCC2=O)c(=O)n(C2CCCC2)c2nc(Nc3ccc(N4CCNCC4)cn3)ncc12. The predicted octanol–water partition coefficient (Wildman–Crippen LogP) is 2.89. The van der Waals surface area contributed by atoms with Crippen LogP contribution in [0.25, 0.3) is 11.0 Å². The number of carbonyl (C=O) groups excluding carboxylic acids is 1. The first-order valence-electron chi connectivity index (χ1n) is 13.0. The smallest absolute Gasteiger partial charge is 0.276 e. The normalized spacial score (nSPS) is 19.0. The molecule has 188 valence electrons. The van der Waals surface area contributed by atoms with E-state index in [1.54, 1.807) is 11.1 Å². The highest BCUT2D eigenvalue weighted by Crippen LogP contribution is 2.34. The zero-order chi connectivity index (χ0) is 24.6. The highest BCUT2D eigenvalue weighted by molar-refractivity contribution is 5.98. The first-order valence-corrected chi connectivity index (χ1v) is 13.0. The van der Waals surface area contributed by atoms with Gasteiger partial charge in [0, 0.05) is 56.8 Å². The minimum absolute atomic E-state index is 0.0158. The second-order valence-corrected chi connectivity index (χ2v) is 9.93. The minimum Gasteiger partial charge on any atom is -0.368 e. The molecule has 3 aliphatic rings. The van der Waals surface area contributed by atoms with E-state index in [1.807, 2.05) is 23.8 Å². The molecule has 3 aromatic heterocycles. The van der Waals surface area contributed by atoms with Gasteiger partial charge in [-0.05, 0) is 43.9 Å². The number of aryl methyl sites for hydroxylation is 1. The van der Waals surface area contributed by atoms with Crippen molar-refractivity contribution < 1.29 is 4.79 Å². The van der Waals surface area contributed by atoms with Crippen molar-refractivity contribution in [1.82, 2.24) is 24.8 Å². The van der Waals surface area contributed by atoms with E-state index in [1.165, 1.54) is 0 Å². The third-order valence-electron chi connectivity index (χ3n) is 7.68. The van der Waals surface area contributed by atoms with Crippen LogP contribution in [0.1, 0.15) is 50.1 Å². The van der Waals surface area contributed by atoms with Crippen molar-refractivity contribution in [2.24, 2.45) is 0 Å². The topological polar surface area (TPSA) is 108 Å². The molecule has 0 spiro atoms. The van der Waals surface area contributed by atoms with Gasteiger partial charge in [0.25, 0.3) is 5.56 Å². The van der Waals surface area contributed by atoms with E-state index in [-0.39, 0.29) is 17.5 Å². The lowest BCUT2D eigenvalue weighted by molar-refractivity contribution is -0.117. The van der Waals surface area contributed by atoms with Gasteiger partial charge in [-0.3, -0.25) is 14.2 Å². The summed E-state index contributed by atoms with van der Waals surface area (Å²) in [6.07, 6.45) is 8.95. The largest absolute Gasteiger partial charge is 0.368 e. The Kier molecular flexibility index (Phi) is 6.04. The Morgan fingerprint density at radius 2 is 1.81 bits per heavy atom. The molecule has 2 saturated heterocycles. The number of anilines is 4. The summed E-state index contributed by atoms with van der Waals surface area (Å²) in [5.41, 5.74) is 2.85. The van der Waals surface area contributed by atoms with Gasteiger partial charge in [0.1, 0.15) is 17.2 Å². The lowest BCUT2D eigenvalue weighted by Gasteiger charge is -2.29. The summed E-state index contributed by atoms with van der Waals surface area (Å²) >= 11 is 0. The first kappa shape index (κ1) is 22.9. The van der Waals surface area contributed by atoms with Crippen LogP contribution in [0, 0.1) is 6.92 Å². The van der Waals surface area contributed by atoms with E-state index in [4.69, 9.17) is 4.98 Å². The van der Waals surface area contributed by atoms with Crippen LogP contribution in [-0.4, -0.2) is 58.1 Å². The number of amides is 1. The molecule has 1 saturated carbocycles. The molecule has 3 fully saturated rings. The summed E-state index contributed by atoms with van der Waals surface area (Å²) < 4.78 is 1.82. The zero-order valence-corrected chi connectivity index (χ0v) is 20.7. The van der Waals surface area contributed by atoms with E-state index in [0.717, 1.165) is 74.9 Å². The molecular formula is C26H32N8O2. The number of nitrogens with zero attached hydrogens (tertiary/aromatic N) is 6. The molecule has 0 radical (unpaired) electrons. The number of pyridine rings is 2. The maximum atomic E-state index is 13.8. The Morgan fingerprint density at radius 3 is 2.50 bits per heavy atom. The second-order valence-electron chi connectivity index (χ2n) is 9.93. The molecule has 3 aromatic rings. The number of fused-ring (bicyclic) bond motifs is 1. The summed E-state index contributed by atoms with van der Waals surface area (Å²) in [4.78, 5) is 44.3. The molecule has 2 N–H and O–H groups in total. The van der Waals surface area contributed by atoms with Crippen molar-refractivity contribution in [3.8, 4) is 0 Å². The molecule has 10 nitrogen and oxygen atoms in total. The van der Waals surface area contributed by atoms with Crippen LogP contribution in [0.2, 0.25) is 0 Å². The van der Waals surface area contributed by atoms with Crippen LogP contribution in [0.3, 0.4) is 0 Å². The highest BCUT2D eigenvalue weighted by Gasteiger charge is 2.31. The summed E-state index contributed by atoms with van der Waals surface area (Å²) in [6.45, 7) is 6.36. The molecule has 36 heavy (non-hydrogen) atoms. The van der Waals surface area contributed by atoms with Crippen molar-refractivity contribution in [3.05, 3.63) is 40.4 Å². The maximum Gasteiger partial charge on any atom is 0.276 e. The van der Waals surface area contributed by atoms with Gasteiger partial charge in [0.2, 0.25) is 11.9 Å². The first-order chi connectivity index (χ1) is 17.6. The van der Waals surface area contributed by atoms with Crippen molar-refractivity contribution in [2.75, 3.05) is 47.8 Å². The minimum atomic E-state index is -0.120. The van der Waals surface area contributed by atoms with Gasteiger partial charge in [-0.1, -0.05) is 12.8 Å². The van der Waals surface area contributed by atoms with Crippen molar-refractivity contribution >= 4 is 40.1 Å². The van der Waals surface area contributed by atoms with Gasteiger partial charge in [-0.2, -0.15) is 4.98 Å². The van der Waals surface area contributed by atoms with E-state index >= 15 is 0 Å². The van der Waals surface area contributed by atoms with Crippen LogP contribution in [0.5, 0.6) is 0 Å². The Labute approximate surface area is 209 Å². The summed E-state index contributed by atoms with van der Waals surface area (Å²) in [7, 11) is 0. The van der Waals surface area contributed by atoms with Crippen LogP contribution in [0.4, 0.5) is 23.1 Å². The van der Waals surface area contributed by atoms with Gasteiger partial charge in [0.05, 0.1) is 11.9 Å². The monoisotopic (exact) mass is 488 g/mol. The van der Waals surface area contributed by atoms with Crippen LogP contribution in [0.15, 0.2) is 29.3 Å². The molecule has 1 aliphatic carbocycles.